The van der Waals surface area contributed by atoms with Gasteiger partial charge < -0.3 is 14.4 Å². The maximum Gasteiger partial charge on any atom is 0.411 e. The molecule has 0 spiro atoms. The molecule has 4 rings (SSSR count). The van der Waals surface area contributed by atoms with Crippen molar-refractivity contribution in [3.05, 3.63) is 59.7 Å². The lowest BCUT2D eigenvalue weighted by Gasteiger charge is -2.38. The average Bonchev–Trinajstić information content (AvgIpc) is 3.09. The molecule has 0 bridgehead atoms. The molecule has 7 nitrogen and oxygen atoms in total. The summed E-state index contributed by atoms with van der Waals surface area (Å²) in [5, 5.41) is 9.60. The molecule has 0 saturated carbocycles. The Morgan fingerprint density at radius 1 is 1.00 bits per heavy atom. The second-order valence-corrected chi connectivity index (χ2v) is 9.07. The van der Waals surface area contributed by atoms with Gasteiger partial charge in [-0.25, -0.2) is 9.59 Å². The lowest BCUT2D eigenvalue weighted by Crippen LogP contribution is -2.56. The summed E-state index contributed by atoms with van der Waals surface area (Å²) in [5.41, 5.74) is 3.96. The molecule has 7 heteroatoms. The quantitative estimate of drug-likeness (QED) is 0.702. The van der Waals surface area contributed by atoms with Crippen LogP contribution in [-0.4, -0.2) is 59.9 Å². The molecule has 1 aliphatic heterocycles. The summed E-state index contributed by atoms with van der Waals surface area (Å²) in [4.78, 5) is 28.1. The third kappa shape index (κ3) is 4.26. The van der Waals surface area contributed by atoms with Gasteiger partial charge in [-0.3, -0.25) is 4.90 Å². The van der Waals surface area contributed by atoms with Gasteiger partial charge in [0.15, 0.2) is 0 Å². The van der Waals surface area contributed by atoms with E-state index in [-0.39, 0.29) is 32.2 Å². The van der Waals surface area contributed by atoms with Gasteiger partial charge in [-0.15, -0.1) is 0 Å². The summed E-state index contributed by atoms with van der Waals surface area (Å²) in [5.74, 6) is -0.0464. The Labute approximate surface area is 188 Å². The third-order valence-electron chi connectivity index (χ3n) is 5.75. The van der Waals surface area contributed by atoms with Crippen molar-refractivity contribution in [3.63, 3.8) is 0 Å². The van der Waals surface area contributed by atoms with Crippen molar-refractivity contribution in [3.8, 4) is 17.2 Å². The first-order valence-electron chi connectivity index (χ1n) is 10.8. The molecule has 2 aliphatic rings. The fourth-order valence-corrected chi connectivity index (χ4v) is 4.28. The second kappa shape index (κ2) is 8.54. The third-order valence-corrected chi connectivity index (χ3v) is 5.75. The monoisotopic (exact) mass is 433 g/mol. The van der Waals surface area contributed by atoms with E-state index in [0.29, 0.717) is 0 Å². The Morgan fingerprint density at radius 2 is 1.59 bits per heavy atom. The molecule has 0 aromatic heterocycles. The van der Waals surface area contributed by atoms with Crippen LogP contribution in [-0.2, 0) is 9.47 Å². The van der Waals surface area contributed by atoms with Crippen LogP contribution >= 0.6 is 0 Å². The van der Waals surface area contributed by atoms with E-state index in [9.17, 15) is 14.9 Å². The molecule has 166 valence electrons. The predicted octanol–water partition coefficient (Wildman–Crippen LogP) is 4.38. The predicted molar refractivity (Wildman–Crippen MR) is 119 cm³/mol. The molecule has 2 amide bonds. The number of hydrogen-bond donors (Lipinski definition) is 0. The number of hydrogen-bond acceptors (Lipinski definition) is 5. The van der Waals surface area contributed by atoms with E-state index in [1.54, 1.807) is 20.8 Å². The van der Waals surface area contributed by atoms with Gasteiger partial charge in [0, 0.05) is 19.0 Å². The van der Waals surface area contributed by atoms with Gasteiger partial charge in [0.2, 0.25) is 0 Å². The highest BCUT2D eigenvalue weighted by Gasteiger charge is 2.36. The Kier molecular flexibility index (Phi) is 5.79. The summed E-state index contributed by atoms with van der Waals surface area (Å²) in [6, 6.07) is 17.6. The van der Waals surface area contributed by atoms with Crippen LogP contribution < -0.4 is 0 Å². The lowest BCUT2D eigenvalue weighted by atomic mass is 9.98. The first-order chi connectivity index (χ1) is 15.3. The van der Waals surface area contributed by atoms with Gasteiger partial charge in [0.1, 0.15) is 18.2 Å². The van der Waals surface area contributed by atoms with Crippen molar-refractivity contribution in [2.75, 3.05) is 26.2 Å². The highest BCUT2D eigenvalue weighted by molar-refractivity contribution is 5.79. The van der Waals surface area contributed by atoms with Crippen LogP contribution in [0.3, 0.4) is 0 Å². The second-order valence-electron chi connectivity index (χ2n) is 9.07. The molecular weight excluding hydrogens is 406 g/mol. The summed E-state index contributed by atoms with van der Waals surface area (Å²) >= 11 is 0. The van der Waals surface area contributed by atoms with Crippen LogP contribution in [0.4, 0.5) is 9.59 Å². The Hall–Kier alpha value is -3.53. The van der Waals surface area contributed by atoms with Crippen LogP contribution in [0.2, 0.25) is 0 Å². The fraction of sp³-hybridized carbons (Fsp3) is 0.400. The molecule has 2 aromatic rings. The van der Waals surface area contributed by atoms with Crippen molar-refractivity contribution >= 4 is 12.2 Å². The molecule has 0 radical (unpaired) electrons. The number of fused-ring (bicyclic) bond motifs is 3. The van der Waals surface area contributed by atoms with Crippen molar-refractivity contribution in [2.24, 2.45) is 0 Å². The zero-order valence-corrected chi connectivity index (χ0v) is 18.6. The van der Waals surface area contributed by atoms with Gasteiger partial charge in [-0.2, -0.15) is 5.26 Å². The molecular formula is C25H27N3O4. The van der Waals surface area contributed by atoms with Crippen molar-refractivity contribution in [2.45, 2.75) is 38.3 Å². The highest BCUT2D eigenvalue weighted by atomic mass is 16.6. The minimum absolute atomic E-state index is 0.0464. The first-order valence-corrected chi connectivity index (χ1v) is 10.8. The van der Waals surface area contributed by atoms with E-state index in [1.807, 2.05) is 24.3 Å². The van der Waals surface area contributed by atoms with E-state index < -0.39 is 23.8 Å². The molecule has 32 heavy (non-hydrogen) atoms. The summed E-state index contributed by atoms with van der Waals surface area (Å²) in [6.07, 6.45) is -1.02. The first kappa shape index (κ1) is 21.7. The van der Waals surface area contributed by atoms with Gasteiger partial charge in [-0.05, 0) is 43.0 Å². The maximum atomic E-state index is 12.9. The molecule has 1 unspecified atom stereocenters. The van der Waals surface area contributed by atoms with Crippen LogP contribution in [0.15, 0.2) is 48.5 Å². The van der Waals surface area contributed by atoms with Crippen molar-refractivity contribution in [1.82, 2.24) is 9.80 Å². The maximum absolute atomic E-state index is 12.9. The van der Waals surface area contributed by atoms with E-state index in [2.05, 4.69) is 30.3 Å². The van der Waals surface area contributed by atoms with Crippen LogP contribution in [0.25, 0.3) is 11.1 Å². The molecule has 1 aliphatic carbocycles. The minimum atomic E-state index is -0.785. The summed E-state index contributed by atoms with van der Waals surface area (Å²) in [7, 11) is 0. The number of nitriles is 1. The number of carbonyl (C=O) groups excluding carboxylic acids is 2. The SMILES string of the molecule is CC(C)(C)OC(=O)N1CCN(C(=O)OCC2c3ccccc3-c3ccccc32)C(C#N)C1. The smallest absolute Gasteiger partial charge is 0.411 e. The summed E-state index contributed by atoms with van der Waals surface area (Å²) in [6.45, 7) is 6.16. The number of amides is 2. The number of benzene rings is 2. The number of carbonyl (C=O) groups is 2. The molecule has 0 N–H and O–H groups in total. The zero-order chi connectivity index (χ0) is 22.9. The summed E-state index contributed by atoms with van der Waals surface area (Å²) < 4.78 is 11.1. The van der Waals surface area contributed by atoms with Gasteiger partial charge in [0.05, 0.1) is 12.6 Å². The number of rotatable bonds is 2. The number of nitrogens with zero attached hydrogens (tertiary/aromatic N) is 3. The van der Waals surface area contributed by atoms with Crippen molar-refractivity contribution < 1.29 is 19.1 Å². The van der Waals surface area contributed by atoms with E-state index in [0.717, 1.165) is 22.3 Å². The highest BCUT2D eigenvalue weighted by Crippen LogP contribution is 2.44. The number of piperazine rings is 1. The average molecular weight is 434 g/mol. The largest absolute Gasteiger partial charge is 0.448 e. The van der Waals surface area contributed by atoms with E-state index >= 15 is 0 Å². The Balaban J connectivity index is 1.42. The van der Waals surface area contributed by atoms with Crippen LogP contribution in [0.1, 0.15) is 37.8 Å². The van der Waals surface area contributed by atoms with Crippen LogP contribution in [0.5, 0.6) is 0 Å². The zero-order valence-electron chi connectivity index (χ0n) is 18.6. The molecule has 1 fully saturated rings. The minimum Gasteiger partial charge on any atom is -0.448 e. The van der Waals surface area contributed by atoms with Gasteiger partial charge >= 0.3 is 12.2 Å². The van der Waals surface area contributed by atoms with Crippen LogP contribution in [0, 0.1) is 11.3 Å². The van der Waals surface area contributed by atoms with Gasteiger partial charge in [-0.1, -0.05) is 48.5 Å². The normalized spacial score (nSPS) is 17.9. The Bertz CT molecular complexity index is 1020. The fourth-order valence-electron chi connectivity index (χ4n) is 4.28. The Morgan fingerprint density at radius 3 is 2.16 bits per heavy atom. The topological polar surface area (TPSA) is 82.9 Å². The van der Waals surface area contributed by atoms with E-state index in [4.69, 9.17) is 9.47 Å². The van der Waals surface area contributed by atoms with E-state index in [1.165, 1.54) is 9.80 Å². The molecule has 2 aromatic carbocycles. The van der Waals surface area contributed by atoms with Gasteiger partial charge in [0.25, 0.3) is 0 Å². The standard InChI is InChI=1S/C25H27N3O4/c1-25(2,3)32-23(29)27-12-13-28(17(14-26)15-27)24(30)31-16-22-20-10-6-4-8-18(20)19-9-5-7-11-21(19)22/h4-11,17,22H,12-13,15-16H2,1-3H3. The molecule has 1 atom stereocenters. The molecule has 1 saturated heterocycles. The molecule has 1 heterocycles. The van der Waals surface area contributed by atoms with Crippen molar-refractivity contribution in [1.29, 1.82) is 5.26 Å². The number of ether oxygens (including phenoxy) is 2. The lowest BCUT2D eigenvalue weighted by molar-refractivity contribution is 0.00735.